The van der Waals surface area contributed by atoms with Crippen molar-refractivity contribution in [1.82, 2.24) is 0 Å². The van der Waals surface area contributed by atoms with Crippen LogP contribution in [0.15, 0.2) is 218 Å². The van der Waals surface area contributed by atoms with E-state index >= 15 is 0 Å². The van der Waals surface area contributed by atoms with E-state index in [2.05, 4.69) is 256 Å². The number of rotatable bonds is 8. The second-order valence-electron chi connectivity index (χ2n) is 17.8. The van der Waals surface area contributed by atoms with Crippen LogP contribution in [0.3, 0.4) is 0 Å². The van der Waals surface area contributed by atoms with E-state index < -0.39 is 0 Å². The van der Waals surface area contributed by atoms with Gasteiger partial charge < -0.3 is 9.80 Å². The zero-order chi connectivity index (χ0) is 42.0. The highest BCUT2D eigenvalue weighted by atomic mass is 15.1. The van der Waals surface area contributed by atoms with Crippen LogP contribution in [0.5, 0.6) is 0 Å². The van der Waals surface area contributed by atoms with Crippen LogP contribution in [0.25, 0.3) is 44.5 Å². The van der Waals surface area contributed by atoms with Crippen molar-refractivity contribution in [2.45, 2.75) is 38.5 Å². The van der Waals surface area contributed by atoms with Crippen LogP contribution in [0.1, 0.15) is 49.9 Å². The van der Waals surface area contributed by atoms with E-state index in [-0.39, 0.29) is 10.8 Å². The summed E-state index contributed by atoms with van der Waals surface area (Å²) in [5.74, 6) is 0. The van der Waals surface area contributed by atoms with E-state index in [4.69, 9.17) is 0 Å². The highest BCUT2D eigenvalue weighted by Gasteiger charge is 2.38. The molecule has 0 radical (unpaired) electrons. The SMILES string of the molecule is CC1(C)c2ccccc2-c2ccc(N(c3ccc(-c4ccccc4)cc3)c3cc4c(cc3-c3ccc(N(c5ccccc5)c5ccccc5)cc3)-c3ccccc3C4(C)C)cc21. The molecule has 0 heterocycles. The number of hydrogen-bond acceptors (Lipinski definition) is 2. The smallest absolute Gasteiger partial charge is 0.0543 e. The van der Waals surface area contributed by atoms with Gasteiger partial charge in [0.2, 0.25) is 0 Å². The van der Waals surface area contributed by atoms with Gasteiger partial charge in [-0.15, -0.1) is 0 Å². The lowest BCUT2D eigenvalue weighted by Gasteiger charge is -2.32. The first-order chi connectivity index (χ1) is 30.3. The van der Waals surface area contributed by atoms with Crippen molar-refractivity contribution in [3.05, 3.63) is 241 Å². The first-order valence-electron chi connectivity index (χ1n) is 21.8. The topological polar surface area (TPSA) is 6.48 Å². The van der Waals surface area contributed by atoms with Gasteiger partial charge in [-0.3, -0.25) is 0 Å². The van der Waals surface area contributed by atoms with Gasteiger partial charge in [-0.1, -0.05) is 173 Å². The first kappa shape index (κ1) is 37.6. The molecule has 0 aromatic heterocycles. The summed E-state index contributed by atoms with van der Waals surface area (Å²) >= 11 is 0. The molecule has 9 aromatic carbocycles. The maximum absolute atomic E-state index is 2.51. The van der Waals surface area contributed by atoms with Gasteiger partial charge in [0.1, 0.15) is 0 Å². The molecule has 2 heteroatoms. The zero-order valence-electron chi connectivity index (χ0n) is 35.7. The third kappa shape index (κ3) is 6.09. The van der Waals surface area contributed by atoms with E-state index in [0.717, 1.165) is 39.7 Å². The van der Waals surface area contributed by atoms with Gasteiger partial charge in [0, 0.05) is 44.8 Å². The summed E-state index contributed by atoms with van der Waals surface area (Å²) in [5, 5.41) is 0. The summed E-state index contributed by atoms with van der Waals surface area (Å²) < 4.78 is 0. The average Bonchev–Trinajstić information content (AvgIpc) is 3.69. The van der Waals surface area contributed by atoms with Gasteiger partial charge in [0.05, 0.1) is 5.69 Å². The maximum Gasteiger partial charge on any atom is 0.0543 e. The van der Waals surface area contributed by atoms with Crippen molar-refractivity contribution in [2.24, 2.45) is 0 Å². The molecule has 9 aromatic rings. The van der Waals surface area contributed by atoms with Crippen LogP contribution in [0.4, 0.5) is 34.1 Å². The molecule has 0 saturated carbocycles. The number of anilines is 6. The molecule has 0 saturated heterocycles. The third-order valence-electron chi connectivity index (χ3n) is 13.5. The van der Waals surface area contributed by atoms with Crippen LogP contribution < -0.4 is 9.80 Å². The van der Waals surface area contributed by atoms with Gasteiger partial charge in [0.15, 0.2) is 0 Å². The minimum atomic E-state index is -0.181. The Morgan fingerprint density at radius 2 is 0.661 bits per heavy atom. The highest BCUT2D eigenvalue weighted by molar-refractivity contribution is 5.96. The molecule has 0 bridgehead atoms. The largest absolute Gasteiger partial charge is 0.311 e. The van der Waals surface area contributed by atoms with Gasteiger partial charge >= 0.3 is 0 Å². The number of para-hydroxylation sites is 2. The van der Waals surface area contributed by atoms with Gasteiger partial charge in [0.25, 0.3) is 0 Å². The lowest BCUT2D eigenvalue weighted by atomic mass is 9.81. The molecular weight excluding hydrogens is 749 g/mol. The second-order valence-corrected chi connectivity index (χ2v) is 17.8. The Labute approximate surface area is 366 Å². The van der Waals surface area contributed by atoms with Gasteiger partial charge in [-0.25, -0.2) is 0 Å². The van der Waals surface area contributed by atoms with Crippen molar-refractivity contribution >= 4 is 34.1 Å². The Balaban J connectivity index is 1.13. The van der Waals surface area contributed by atoms with Crippen molar-refractivity contribution in [2.75, 3.05) is 9.80 Å². The Morgan fingerprint density at radius 1 is 0.258 bits per heavy atom. The van der Waals surface area contributed by atoms with E-state index in [1.165, 1.54) is 61.2 Å². The minimum absolute atomic E-state index is 0.144. The van der Waals surface area contributed by atoms with E-state index in [9.17, 15) is 0 Å². The predicted octanol–water partition coefficient (Wildman–Crippen LogP) is 16.6. The molecular formula is C60H48N2. The Morgan fingerprint density at radius 3 is 1.24 bits per heavy atom. The third-order valence-corrected chi connectivity index (χ3v) is 13.5. The Bertz CT molecular complexity index is 3050. The second kappa shape index (κ2) is 14.6. The van der Waals surface area contributed by atoms with Gasteiger partial charge in [-0.05, 0) is 134 Å². The summed E-state index contributed by atoms with van der Waals surface area (Å²) in [5.41, 5.74) is 21.9. The summed E-state index contributed by atoms with van der Waals surface area (Å²) in [6, 6.07) is 80.3. The predicted molar refractivity (Wildman–Crippen MR) is 262 cm³/mol. The molecule has 2 aliphatic carbocycles. The molecule has 2 nitrogen and oxygen atoms in total. The fourth-order valence-corrected chi connectivity index (χ4v) is 10.2. The van der Waals surface area contributed by atoms with Gasteiger partial charge in [-0.2, -0.15) is 0 Å². The standard InChI is InChI=1S/C60H48N2/c1-59(2)54-26-16-14-24-49(54)51-37-36-48(38-56(51)59)62(47-32-28-42(29-33-47)41-18-8-5-9-19-41)58-40-57-53(50-25-15-17-27-55(50)60(57,3)4)39-52(58)43-30-34-46(35-31-43)61(44-20-10-6-11-21-44)45-22-12-7-13-23-45/h5-40H,1-4H3. The molecule has 0 spiro atoms. The van der Waals surface area contributed by atoms with Crippen molar-refractivity contribution in [3.63, 3.8) is 0 Å². The van der Waals surface area contributed by atoms with Crippen LogP contribution in [0.2, 0.25) is 0 Å². The molecule has 0 amide bonds. The van der Waals surface area contributed by atoms with E-state index in [0.29, 0.717) is 0 Å². The molecule has 62 heavy (non-hydrogen) atoms. The summed E-state index contributed by atoms with van der Waals surface area (Å²) in [6.07, 6.45) is 0. The molecule has 2 aliphatic rings. The molecule has 0 unspecified atom stereocenters. The molecule has 0 fully saturated rings. The average molecular weight is 797 g/mol. The van der Waals surface area contributed by atoms with Crippen LogP contribution in [-0.2, 0) is 10.8 Å². The molecule has 0 atom stereocenters. The van der Waals surface area contributed by atoms with Crippen molar-refractivity contribution < 1.29 is 0 Å². The fourth-order valence-electron chi connectivity index (χ4n) is 10.2. The Hall–Kier alpha value is -7.42. The fraction of sp³-hybridized carbons (Fsp3) is 0.100. The number of fused-ring (bicyclic) bond motifs is 6. The zero-order valence-corrected chi connectivity index (χ0v) is 35.7. The van der Waals surface area contributed by atoms with Crippen LogP contribution >= 0.6 is 0 Å². The van der Waals surface area contributed by atoms with Crippen molar-refractivity contribution in [1.29, 1.82) is 0 Å². The van der Waals surface area contributed by atoms with Crippen molar-refractivity contribution in [3.8, 4) is 44.5 Å². The summed E-state index contributed by atoms with van der Waals surface area (Å²) in [6.45, 7) is 9.51. The lowest BCUT2D eigenvalue weighted by Crippen LogP contribution is -2.18. The normalized spacial score (nSPS) is 13.7. The Kier molecular flexibility index (Phi) is 8.87. The first-order valence-corrected chi connectivity index (χ1v) is 21.8. The summed E-state index contributed by atoms with van der Waals surface area (Å²) in [7, 11) is 0. The van der Waals surface area contributed by atoms with E-state index in [1.807, 2.05) is 0 Å². The summed E-state index contributed by atoms with van der Waals surface area (Å²) in [4.78, 5) is 4.84. The number of hydrogen-bond donors (Lipinski definition) is 0. The monoisotopic (exact) mass is 796 g/mol. The highest BCUT2D eigenvalue weighted by Crippen LogP contribution is 2.55. The molecule has 11 rings (SSSR count). The maximum atomic E-state index is 2.51. The quantitative estimate of drug-likeness (QED) is 0.151. The molecule has 298 valence electrons. The van der Waals surface area contributed by atoms with Crippen LogP contribution in [-0.4, -0.2) is 0 Å². The number of nitrogens with zero attached hydrogens (tertiary/aromatic N) is 2. The minimum Gasteiger partial charge on any atom is -0.311 e. The van der Waals surface area contributed by atoms with Crippen LogP contribution in [0, 0.1) is 0 Å². The van der Waals surface area contributed by atoms with E-state index in [1.54, 1.807) is 0 Å². The number of benzene rings is 9. The lowest BCUT2D eigenvalue weighted by molar-refractivity contribution is 0.660. The molecule has 0 aliphatic heterocycles. The molecule has 0 N–H and O–H groups in total.